The lowest BCUT2D eigenvalue weighted by Gasteiger charge is -2.14. The number of halogens is 4. The molecular weight excluding hydrogens is 222 g/mol. The zero-order valence-electron chi connectivity index (χ0n) is 9.03. The molecule has 0 aliphatic carbocycles. The molecule has 1 nitrogen and oxygen atoms in total. The summed E-state index contributed by atoms with van der Waals surface area (Å²) < 4.78 is 50.5. The van der Waals surface area contributed by atoms with E-state index in [0.717, 1.165) is 18.2 Å². The minimum Gasteiger partial charge on any atom is -0.310 e. The number of benzene rings is 1. The molecule has 0 heterocycles. The van der Waals surface area contributed by atoms with Crippen molar-refractivity contribution in [3.05, 3.63) is 35.1 Å². The predicted molar refractivity (Wildman–Crippen MR) is 53.4 cm³/mol. The number of rotatable bonds is 3. The van der Waals surface area contributed by atoms with E-state index in [0.29, 0.717) is 0 Å². The van der Waals surface area contributed by atoms with Crippen LogP contribution in [-0.2, 0) is 12.7 Å². The molecule has 5 heteroatoms. The van der Waals surface area contributed by atoms with Crippen LogP contribution in [0.25, 0.3) is 0 Å². The molecule has 0 radical (unpaired) electrons. The second-order valence-electron chi connectivity index (χ2n) is 3.83. The molecule has 0 saturated carbocycles. The SMILES string of the molecule is CC(C)NCc1cc(F)ccc1C(F)(F)F. The van der Waals surface area contributed by atoms with Gasteiger partial charge in [0.2, 0.25) is 0 Å². The van der Waals surface area contributed by atoms with Gasteiger partial charge in [-0.2, -0.15) is 13.2 Å². The third-order valence-corrected chi connectivity index (χ3v) is 2.07. The quantitative estimate of drug-likeness (QED) is 0.792. The highest BCUT2D eigenvalue weighted by atomic mass is 19.4. The Kier molecular flexibility index (Phi) is 3.91. The van der Waals surface area contributed by atoms with E-state index < -0.39 is 17.6 Å². The van der Waals surface area contributed by atoms with Gasteiger partial charge in [0.15, 0.2) is 0 Å². The first-order valence-electron chi connectivity index (χ1n) is 4.89. The molecule has 16 heavy (non-hydrogen) atoms. The topological polar surface area (TPSA) is 12.0 Å². The lowest BCUT2D eigenvalue weighted by Crippen LogP contribution is -2.24. The molecule has 0 amide bonds. The van der Waals surface area contributed by atoms with Gasteiger partial charge in [0.05, 0.1) is 5.56 Å². The molecule has 0 saturated heterocycles. The third-order valence-electron chi connectivity index (χ3n) is 2.07. The van der Waals surface area contributed by atoms with Crippen molar-refractivity contribution in [1.29, 1.82) is 0 Å². The van der Waals surface area contributed by atoms with Gasteiger partial charge in [0, 0.05) is 12.6 Å². The number of alkyl halides is 3. The van der Waals surface area contributed by atoms with E-state index in [1.165, 1.54) is 0 Å². The highest BCUT2D eigenvalue weighted by molar-refractivity contribution is 5.30. The molecule has 0 aliphatic rings. The molecule has 0 unspecified atom stereocenters. The maximum atomic E-state index is 12.9. The zero-order valence-corrected chi connectivity index (χ0v) is 9.03. The van der Waals surface area contributed by atoms with Crippen molar-refractivity contribution in [3.63, 3.8) is 0 Å². The Labute approximate surface area is 91.5 Å². The fourth-order valence-electron chi connectivity index (χ4n) is 1.30. The predicted octanol–water partition coefficient (Wildman–Crippen LogP) is 3.34. The Hall–Kier alpha value is -1.10. The summed E-state index contributed by atoms with van der Waals surface area (Å²) in [5.41, 5.74) is -0.858. The van der Waals surface area contributed by atoms with E-state index in [2.05, 4.69) is 5.32 Å². The molecule has 0 atom stereocenters. The first-order chi connectivity index (χ1) is 7.30. The van der Waals surface area contributed by atoms with Gasteiger partial charge in [-0.25, -0.2) is 4.39 Å². The minimum absolute atomic E-state index is 0.00424. The van der Waals surface area contributed by atoms with E-state index in [1.54, 1.807) is 0 Å². The van der Waals surface area contributed by atoms with Crippen LogP contribution in [0.1, 0.15) is 25.0 Å². The molecular formula is C11H13F4N. The summed E-state index contributed by atoms with van der Waals surface area (Å²) in [5.74, 6) is -0.659. The van der Waals surface area contributed by atoms with Crippen LogP contribution in [0.5, 0.6) is 0 Å². The van der Waals surface area contributed by atoms with E-state index in [4.69, 9.17) is 0 Å². The van der Waals surface area contributed by atoms with Crippen LogP contribution in [0, 0.1) is 5.82 Å². The van der Waals surface area contributed by atoms with E-state index in [1.807, 2.05) is 13.8 Å². The van der Waals surface area contributed by atoms with Crippen LogP contribution in [0.3, 0.4) is 0 Å². The second kappa shape index (κ2) is 4.82. The Balaban J connectivity index is 2.99. The standard InChI is InChI=1S/C11H13F4N/c1-7(2)16-6-8-5-9(12)3-4-10(8)11(13,14)15/h3-5,7,16H,6H2,1-2H3. The number of nitrogens with one attached hydrogen (secondary N) is 1. The molecule has 0 spiro atoms. The molecule has 0 bridgehead atoms. The van der Waals surface area contributed by atoms with Gasteiger partial charge >= 0.3 is 6.18 Å². The van der Waals surface area contributed by atoms with Crippen LogP contribution in [0.2, 0.25) is 0 Å². The normalized spacial score (nSPS) is 12.2. The van der Waals surface area contributed by atoms with Crippen molar-refractivity contribution >= 4 is 0 Å². The summed E-state index contributed by atoms with van der Waals surface area (Å²) in [6, 6.07) is 2.55. The maximum absolute atomic E-state index is 12.9. The van der Waals surface area contributed by atoms with Crippen molar-refractivity contribution in [3.8, 4) is 0 Å². The zero-order chi connectivity index (χ0) is 12.3. The molecule has 90 valence electrons. The van der Waals surface area contributed by atoms with Gasteiger partial charge in [-0.05, 0) is 23.8 Å². The summed E-state index contributed by atoms with van der Waals surface area (Å²) in [4.78, 5) is 0. The van der Waals surface area contributed by atoms with Gasteiger partial charge in [-0.15, -0.1) is 0 Å². The van der Waals surface area contributed by atoms with Gasteiger partial charge in [-0.3, -0.25) is 0 Å². The summed E-state index contributed by atoms with van der Waals surface area (Å²) in [6.07, 6.45) is -4.44. The van der Waals surface area contributed by atoms with Crippen LogP contribution >= 0.6 is 0 Å². The first kappa shape index (κ1) is 13.0. The number of hydrogen-bond donors (Lipinski definition) is 1. The van der Waals surface area contributed by atoms with E-state index in [-0.39, 0.29) is 18.2 Å². The smallest absolute Gasteiger partial charge is 0.310 e. The van der Waals surface area contributed by atoms with E-state index >= 15 is 0 Å². The van der Waals surface area contributed by atoms with Crippen molar-refractivity contribution in [2.24, 2.45) is 0 Å². The van der Waals surface area contributed by atoms with Crippen LogP contribution in [0.4, 0.5) is 17.6 Å². The second-order valence-corrected chi connectivity index (χ2v) is 3.83. The highest BCUT2D eigenvalue weighted by Crippen LogP contribution is 2.32. The number of hydrogen-bond acceptors (Lipinski definition) is 1. The Morgan fingerprint density at radius 1 is 1.25 bits per heavy atom. The average Bonchev–Trinajstić information content (AvgIpc) is 2.12. The van der Waals surface area contributed by atoms with Crippen LogP contribution < -0.4 is 5.32 Å². The molecule has 1 rings (SSSR count). The third kappa shape index (κ3) is 3.48. The summed E-state index contributed by atoms with van der Waals surface area (Å²) in [5, 5.41) is 2.83. The van der Waals surface area contributed by atoms with Crippen molar-refractivity contribution in [2.45, 2.75) is 32.6 Å². The Morgan fingerprint density at radius 2 is 1.88 bits per heavy atom. The average molecular weight is 235 g/mol. The molecule has 1 aromatic rings. The van der Waals surface area contributed by atoms with Gasteiger partial charge in [0.25, 0.3) is 0 Å². The summed E-state index contributed by atoms with van der Waals surface area (Å²) >= 11 is 0. The molecule has 1 N–H and O–H groups in total. The lowest BCUT2D eigenvalue weighted by molar-refractivity contribution is -0.138. The minimum atomic E-state index is -4.44. The summed E-state index contributed by atoms with van der Waals surface area (Å²) in [6.45, 7) is 3.63. The molecule has 0 fully saturated rings. The Bertz CT molecular complexity index is 357. The summed E-state index contributed by atoms with van der Waals surface area (Å²) in [7, 11) is 0. The van der Waals surface area contributed by atoms with Gasteiger partial charge in [-0.1, -0.05) is 13.8 Å². The van der Waals surface area contributed by atoms with Gasteiger partial charge < -0.3 is 5.32 Å². The lowest BCUT2D eigenvalue weighted by atomic mass is 10.1. The van der Waals surface area contributed by atoms with Crippen molar-refractivity contribution in [1.82, 2.24) is 5.32 Å². The molecule has 0 aromatic heterocycles. The molecule has 1 aromatic carbocycles. The van der Waals surface area contributed by atoms with E-state index in [9.17, 15) is 17.6 Å². The van der Waals surface area contributed by atoms with Crippen LogP contribution in [0.15, 0.2) is 18.2 Å². The van der Waals surface area contributed by atoms with Crippen LogP contribution in [-0.4, -0.2) is 6.04 Å². The molecule has 0 aliphatic heterocycles. The fourth-order valence-corrected chi connectivity index (χ4v) is 1.30. The van der Waals surface area contributed by atoms with Crippen molar-refractivity contribution < 1.29 is 17.6 Å². The monoisotopic (exact) mass is 235 g/mol. The first-order valence-corrected chi connectivity index (χ1v) is 4.89. The Morgan fingerprint density at radius 3 is 2.38 bits per heavy atom. The maximum Gasteiger partial charge on any atom is 0.416 e. The van der Waals surface area contributed by atoms with Gasteiger partial charge in [0.1, 0.15) is 5.82 Å². The van der Waals surface area contributed by atoms with Crippen molar-refractivity contribution in [2.75, 3.05) is 0 Å². The fraction of sp³-hybridized carbons (Fsp3) is 0.455. The largest absolute Gasteiger partial charge is 0.416 e. The highest BCUT2D eigenvalue weighted by Gasteiger charge is 2.33.